The summed E-state index contributed by atoms with van der Waals surface area (Å²) >= 11 is 16.8. The first-order chi connectivity index (χ1) is 11.3. The zero-order chi connectivity index (χ0) is 19.4. The number of allylic oxidation sites excluding steroid dienone is 2. The summed E-state index contributed by atoms with van der Waals surface area (Å²) in [7, 11) is 0. The second-order valence-corrected chi connectivity index (χ2v) is 9.59. The van der Waals surface area contributed by atoms with Crippen molar-refractivity contribution in [1.29, 1.82) is 0 Å². The van der Waals surface area contributed by atoms with E-state index in [4.69, 9.17) is 44.3 Å². The number of alkyl halides is 3. The molecule has 25 heavy (non-hydrogen) atoms. The smallest absolute Gasteiger partial charge is 0.414 e. The summed E-state index contributed by atoms with van der Waals surface area (Å²) in [5, 5.41) is 0. The average Bonchev–Trinajstić information content (AvgIpc) is 2.42. The molecule has 0 bridgehead atoms. The lowest BCUT2D eigenvalue weighted by atomic mass is 9.83. The lowest BCUT2D eigenvalue weighted by Crippen LogP contribution is -2.40. The van der Waals surface area contributed by atoms with Crippen molar-refractivity contribution in [2.75, 3.05) is 6.61 Å². The molecule has 0 saturated heterocycles. The predicted molar refractivity (Wildman–Crippen MR) is 99.8 cm³/mol. The highest BCUT2D eigenvalue weighted by atomic mass is 35.6. The lowest BCUT2D eigenvalue weighted by molar-refractivity contribution is -0.148. The van der Waals surface area contributed by atoms with Crippen molar-refractivity contribution >= 4 is 46.9 Å². The van der Waals surface area contributed by atoms with Crippen molar-refractivity contribution in [3.05, 3.63) is 23.9 Å². The number of ether oxygens (including phenoxy) is 2. The maximum atomic E-state index is 12.3. The van der Waals surface area contributed by atoms with Crippen LogP contribution in [0.2, 0.25) is 0 Å². The fraction of sp³-hybridized carbons (Fsp3) is 0.647. The van der Waals surface area contributed by atoms with E-state index in [0.29, 0.717) is 0 Å². The van der Waals surface area contributed by atoms with Crippen molar-refractivity contribution in [2.45, 2.75) is 57.0 Å². The molecule has 0 saturated carbocycles. The van der Waals surface area contributed by atoms with Crippen LogP contribution in [0, 0.1) is 5.41 Å². The number of nitrogens with zero attached hydrogens (tertiary/aromatic N) is 1. The van der Waals surface area contributed by atoms with Crippen LogP contribution in [-0.2, 0) is 14.3 Å². The van der Waals surface area contributed by atoms with Gasteiger partial charge in [0.25, 0.3) is 0 Å². The molecule has 1 amide bonds. The standard InChI is InChI=1S/C17H24Cl3NO4/c1-11(2)25-14(22)9-13-8-12(16(3,4)5)6-7-21(13)15(23)24-10-17(18,19)20/h6-8,11,13H,9-10H2,1-5H3/t13-/m0/s1. The molecule has 0 N–H and O–H groups in total. The third kappa shape index (κ3) is 7.89. The summed E-state index contributed by atoms with van der Waals surface area (Å²) in [4.78, 5) is 25.7. The van der Waals surface area contributed by atoms with Crippen molar-refractivity contribution < 1.29 is 19.1 Å². The summed E-state index contributed by atoms with van der Waals surface area (Å²) in [5.41, 5.74) is 0.866. The molecule has 0 radical (unpaired) electrons. The van der Waals surface area contributed by atoms with E-state index in [1.807, 2.05) is 26.8 Å². The fourth-order valence-electron chi connectivity index (χ4n) is 2.17. The van der Waals surface area contributed by atoms with Crippen LogP contribution in [0.15, 0.2) is 23.9 Å². The van der Waals surface area contributed by atoms with Gasteiger partial charge in [-0.1, -0.05) is 61.7 Å². The summed E-state index contributed by atoms with van der Waals surface area (Å²) in [6, 6.07) is -0.534. The highest BCUT2D eigenvalue weighted by Gasteiger charge is 2.31. The number of esters is 1. The molecule has 1 aliphatic heterocycles. The largest absolute Gasteiger partial charge is 0.463 e. The second-order valence-electron chi connectivity index (χ2n) is 7.07. The van der Waals surface area contributed by atoms with Crippen LogP contribution in [-0.4, -0.2) is 39.5 Å². The molecule has 0 aromatic carbocycles. The molecule has 1 atom stereocenters. The van der Waals surface area contributed by atoms with Gasteiger partial charge in [0.15, 0.2) is 0 Å². The molecule has 5 nitrogen and oxygen atoms in total. The number of halogens is 3. The monoisotopic (exact) mass is 411 g/mol. The van der Waals surface area contributed by atoms with Crippen LogP contribution < -0.4 is 0 Å². The first-order valence-electron chi connectivity index (χ1n) is 7.91. The number of rotatable bonds is 4. The zero-order valence-electron chi connectivity index (χ0n) is 15.0. The van der Waals surface area contributed by atoms with E-state index in [9.17, 15) is 9.59 Å². The Kier molecular flexibility index (Phi) is 7.66. The van der Waals surface area contributed by atoms with Gasteiger partial charge >= 0.3 is 12.1 Å². The van der Waals surface area contributed by atoms with E-state index in [-0.39, 0.29) is 24.5 Å². The van der Waals surface area contributed by atoms with Gasteiger partial charge in [-0.15, -0.1) is 0 Å². The Labute approximate surface area is 163 Å². The highest BCUT2D eigenvalue weighted by Crippen LogP contribution is 2.32. The average molecular weight is 413 g/mol. The molecule has 142 valence electrons. The Balaban J connectivity index is 2.94. The summed E-state index contributed by atoms with van der Waals surface area (Å²) < 4.78 is 8.50. The SMILES string of the molecule is CC(C)OC(=O)C[C@@H]1C=C(C(C)(C)C)C=CN1C(=O)OCC(Cl)(Cl)Cl. The molecule has 1 heterocycles. The van der Waals surface area contributed by atoms with Gasteiger partial charge in [-0.25, -0.2) is 4.79 Å². The third-order valence-electron chi connectivity index (χ3n) is 3.32. The van der Waals surface area contributed by atoms with E-state index in [2.05, 4.69) is 0 Å². The molecule has 0 fully saturated rings. The first kappa shape index (κ1) is 22.1. The van der Waals surface area contributed by atoms with Gasteiger partial charge in [0.1, 0.15) is 6.61 Å². The second kappa shape index (κ2) is 8.65. The zero-order valence-corrected chi connectivity index (χ0v) is 17.3. The van der Waals surface area contributed by atoms with Gasteiger partial charge in [-0.05, 0) is 30.9 Å². The van der Waals surface area contributed by atoms with Gasteiger partial charge < -0.3 is 9.47 Å². The summed E-state index contributed by atoms with van der Waals surface area (Å²) in [6.45, 7) is 9.28. The molecular formula is C17H24Cl3NO4. The number of carbonyl (C=O) groups excluding carboxylic acids is 2. The molecule has 8 heteroatoms. The molecule has 0 spiro atoms. The summed E-state index contributed by atoms with van der Waals surface area (Å²) in [5.74, 6) is -0.404. The van der Waals surface area contributed by atoms with Crippen LogP contribution in [0.25, 0.3) is 0 Å². The molecule has 0 aromatic rings. The Morgan fingerprint density at radius 1 is 1.24 bits per heavy atom. The van der Waals surface area contributed by atoms with Crippen LogP contribution in [0.1, 0.15) is 41.0 Å². The van der Waals surface area contributed by atoms with Crippen molar-refractivity contribution in [3.63, 3.8) is 0 Å². The van der Waals surface area contributed by atoms with Gasteiger partial charge in [-0.3, -0.25) is 9.69 Å². The number of hydrogen-bond donors (Lipinski definition) is 0. The highest BCUT2D eigenvalue weighted by molar-refractivity contribution is 6.67. The van der Waals surface area contributed by atoms with Gasteiger partial charge in [0, 0.05) is 6.20 Å². The lowest BCUT2D eigenvalue weighted by Gasteiger charge is -2.33. The van der Waals surface area contributed by atoms with Crippen molar-refractivity contribution in [1.82, 2.24) is 4.90 Å². The van der Waals surface area contributed by atoms with Gasteiger partial charge in [0.2, 0.25) is 3.79 Å². The molecular weight excluding hydrogens is 389 g/mol. The topological polar surface area (TPSA) is 55.8 Å². The Morgan fingerprint density at radius 3 is 2.32 bits per heavy atom. The minimum atomic E-state index is -1.70. The predicted octanol–water partition coefficient (Wildman–Crippen LogP) is 5.01. The first-order valence-corrected chi connectivity index (χ1v) is 9.05. The van der Waals surface area contributed by atoms with E-state index in [1.54, 1.807) is 26.1 Å². The minimum absolute atomic E-state index is 0.00493. The van der Waals surface area contributed by atoms with Gasteiger partial charge in [-0.2, -0.15) is 0 Å². The number of hydrogen-bond acceptors (Lipinski definition) is 4. The van der Waals surface area contributed by atoms with Gasteiger partial charge in [0.05, 0.1) is 18.6 Å². The van der Waals surface area contributed by atoms with Crippen LogP contribution >= 0.6 is 34.8 Å². The normalized spacial score (nSPS) is 18.2. The quantitative estimate of drug-likeness (QED) is 0.481. The Morgan fingerprint density at radius 2 is 1.84 bits per heavy atom. The van der Waals surface area contributed by atoms with E-state index in [1.165, 1.54) is 4.90 Å². The van der Waals surface area contributed by atoms with Crippen LogP contribution in [0.3, 0.4) is 0 Å². The third-order valence-corrected chi connectivity index (χ3v) is 3.65. The van der Waals surface area contributed by atoms with E-state index < -0.39 is 21.9 Å². The Bertz CT molecular complexity index is 559. The molecule has 0 aliphatic carbocycles. The molecule has 0 unspecified atom stereocenters. The number of carbonyl (C=O) groups is 2. The number of amides is 1. The molecule has 0 aromatic heterocycles. The Hall–Kier alpha value is -0.910. The maximum Gasteiger partial charge on any atom is 0.414 e. The minimum Gasteiger partial charge on any atom is -0.463 e. The van der Waals surface area contributed by atoms with Crippen LogP contribution in [0.5, 0.6) is 0 Å². The van der Waals surface area contributed by atoms with E-state index >= 15 is 0 Å². The summed E-state index contributed by atoms with van der Waals surface area (Å²) in [6.07, 6.45) is 4.31. The van der Waals surface area contributed by atoms with Crippen molar-refractivity contribution in [3.8, 4) is 0 Å². The molecule has 1 rings (SSSR count). The maximum absolute atomic E-state index is 12.3. The van der Waals surface area contributed by atoms with Crippen LogP contribution in [0.4, 0.5) is 4.79 Å². The van der Waals surface area contributed by atoms with Crippen molar-refractivity contribution in [2.24, 2.45) is 5.41 Å². The van der Waals surface area contributed by atoms with E-state index in [0.717, 1.165) is 5.57 Å². The molecule has 1 aliphatic rings. The fourth-order valence-corrected chi connectivity index (χ4v) is 2.33.